The zero-order valence-corrected chi connectivity index (χ0v) is 16.2. The van der Waals surface area contributed by atoms with Crippen LogP contribution in [0.5, 0.6) is 11.5 Å². The van der Waals surface area contributed by atoms with Crippen molar-refractivity contribution in [3.63, 3.8) is 0 Å². The van der Waals surface area contributed by atoms with Crippen LogP contribution in [0, 0.1) is 10.1 Å². The highest BCUT2D eigenvalue weighted by molar-refractivity contribution is 5.64. The summed E-state index contributed by atoms with van der Waals surface area (Å²) in [5.41, 5.74) is 0.000399. The summed E-state index contributed by atoms with van der Waals surface area (Å²) in [7, 11) is 0. The molecule has 9 nitrogen and oxygen atoms in total. The Morgan fingerprint density at radius 1 is 0.966 bits per heavy atom. The third-order valence-electron chi connectivity index (χ3n) is 3.35. The molecule has 0 unspecified atom stereocenters. The first kappa shape index (κ1) is 21.7. The molecule has 0 bridgehead atoms. The van der Waals surface area contributed by atoms with E-state index in [1.54, 1.807) is 45.0 Å². The molecule has 0 fully saturated rings. The molecule has 0 amide bonds. The van der Waals surface area contributed by atoms with Crippen LogP contribution in [0.15, 0.2) is 48.5 Å². The van der Waals surface area contributed by atoms with E-state index in [0.717, 1.165) is 5.56 Å². The van der Waals surface area contributed by atoms with E-state index in [0.29, 0.717) is 12.2 Å². The Balaban J connectivity index is 1.80. The van der Waals surface area contributed by atoms with Crippen LogP contribution in [-0.4, -0.2) is 29.4 Å². The van der Waals surface area contributed by atoms with Crippen LogP contribution in [0.3, 0.4) is 0 Å². The summed E-state index contributed by atoms with van der Waals surface area (Å²) >= 11 is 0. The Kier molecular flexibility index (Phi) is 7.13. The Labute approximate surface area is 167 Å². The van der Waals surface area contributed by atoms with Crippen molar-refractivity contribution in [2.75, 3.05) is 6.61 Å². The van der Waals surface area contributed by atoms with E-state index in [1.807, 2.05) is 0 Å². The van der Waals surface area contributed by atoms with Gasteiger partial charge in [-0.05, 0) is 50.6 Å². The second-order valence-corrected chi connectivity index (χ2v) is 6.92. The van der Waals surface area contributed by atoms with Crippen molar-refractivity contribution in [2.24, 2.45) is 0 Å². The molecular formula is C20H21NO8. The summed E-state index contributed by atoms with van der Waals surface area (Å²) < 4.78 is 20.1. The molecule has 2 aromatic rings. The molecule has 2 aromatic carbocycles. The smallest absolute Gasteiger partial charge is 0.434 e. The first-order valence-corrected chi connectivity index (χ1v) is 8.71. The average molecular weight is 403 g/mol. The van der Waals surface area contributed by atoms with Gasteiger partial charge in [0.1, 0.15) is 17.1 Å². The van der Waals surface area contributed by atoms with Gasteiger partial charge in [0, 0.05) is 18.6 Å². The lowest BCUT2D eigenvalue weighted by Crippen LogP contribution is -2.26. The summed E-state index contributed by atoms with van der Waals surface area (Å²) in [5, 5.41) is 10.6. The molecule has 0 heterocycles. The maximum atomic E-state index is 11.7. The molecule has 29 heavy (non-hydrogen) atoms. The van der Waals surface area contributed by atoms with Crippen LogP contribution in [0.4, 0.5) is 15.3 Å². The summed E-state index contributed by atoms with van der Waals surface area (Å²) in [6.07, 6.45) is -1.38. The van der Waals surface area contributed by atoms with Crippen molar-refractivity contribution in [1.82, 2.24) is 0 Å². The topological polar surface area (TPSA) is 114 Å². The maximum absolute atomic E-state index is 11.7. The zero-order chi connectivity index (χ0) is 21.4. The predicted octanol–water partition coefficient (Wildman–Crippen LogP) is 4.67. The van der Waals surface area contributed by atoms with Crippen LogP contribution >= 0.6 is 0 Å². The van der Waals surface area contributed by atoms with Crippen LogP contribution in [0.2, 0.25) is 0 Å². The fraction of sp³-hybridized carbons (Fsp3) is 0.300. The molecule has 9 heteroatoms. The number of nitro benzene ring substituents is 1. The normalized spacial score (nSPS) is 10.7. The lowest BCUT2D eigenvalue weighted by atomic mass is 10.1. The molecule has 2 rings (SSSR count). The van der Waals surface area contributed by atoms with Gasteiger partial charge < -0.3 is 18.9 Å². The van der Waals surface area contributed by atoms with Crippen LogP contribution in [-0.2, 0) is 15.9 Å². The number of carbonyl (C=O) groups excluding carboxylic acids is 2. The van der Waals surface area contributed by atoms with Gasteiger partial charge in [-0.2, -0.15) is 0 Å². The molecule has 0 radical (unpaired) electrons. The second-order valence-electron chi connectivity index (χ2n) is 6.92. The first-order valence-electron chi connectivity index (χ1n) is 8.71. The van der Waals surface area contributed by atoms with Crippen LogP contribution in [0.1, 0.15) is 26.3 Å². The van der Waals surface area contributed by atoms with Gasteiger partial charge in [-0.25, -0.2) is 9.59 Å². The van der Waals surface area contributed by atoms with Crippen molar-refractivity contribution >= 4 is 18.0 Å². The summed E-state index contributed by atoms with van der Waals surface area (Å²) in [6.45, 7) is 5.23. The molecule has 0 saturated heterocycles. The molecule has 154 valence electrons. The molecule has 0 N–H and O–H groups in total. The standard InChI is InChI=1S/C20H21NO8/c1-20(2,3)29-19(23)28-17-6-4-5-14(13-17)11-12-26-18(22)27-16-9-7-15(8-10-16)21(24)25/h4-10,13H,11-12H2,1-3H3. The van der Waals surface area contributed by atoms with Gasteiger partial charge in [0.25, 0.3) is 5.69 Å². The van der Waals surface area contributed by atoms with Crippen molar-refractivity contribution in [1.29, 1.82) is 0 Å². The number of nitrogens with zero attached hydrogens (tertiary/aromatic N) is 1. The van der Waals surface area contributed by atoms with Crippen molar-refractivity contribution in [3.05, 3.63) is 64.2 Å². The minimum absolute atomic E-state index is 0.0295. The van der Waals surface area contributed by atoms with Gasteiger partial charge in [-0.1, -0.05) is 12.1 Å². The first-order chi connectivity index (χ1) is 13.6. The third-order valence-corrected chi connectivity index (χ3v) is 3.35. The van der Waals surface area contributed by atoms with Gasteiger partial charge in [-0.15, -0.1) is 0 Å². The highest BCUT2D eigenvalue weighted by Crippen LogP contribution is 2.18. The third kappa shape index (κ3) is 7.87. The van der Waals surface area contributed by atoms with Gasteiger partial charge >= 0.3 is 12.3 Å². The molecule has 0 aromatic heterocycles. The van der Waals surface area contributed by atoms with Crippen LogP contribution in [0.25, 0.3) is 0 Å². The Morgan fingerprint density at radius 2 is 1.62 bits per heavy atom. The molecule has 0 aliphatic rings. The predicted molar refractivity (Wildman–Crippen MR) is 102 cm³/mol. The molecule has 0 saturated carbocycles. The Morgan fingerprint density at radius 3 is 2.24 bits per heavy atom. The number of hydrogen-bond acceptors (Lipinski definition) is 8. The lowest BCUT2D eigenvalue weighted by molar-refractivity contribution is -0.384. The number of benzene rings is 2. The van der Waals surface area contributed by atoms with E-state index in [9.17, 15) is 19.7 Å². The monoisotopic (exact) mass is 403 g/mol. The minimum Gasteiger partial charge on any atom is -0.434 e. The number of ether oxygens (including phenoxy) is 4. The van der Waals surface area contributed by atoms with Crippen molar-refractivity contribution in [3.8, 4) is 11.5 Å². The van der Waals surface area contributed by atoms with Gasteiger partial charge in [-0.3, -0.25) is 10.1 Å². The molecule has 0 atom stereocenters. The highest BCUT2D eigenvalue weighted by atomic mass is 16.7. The average Bonchev–Trinajstić information content (AvgIpc) is 2.60. The second kappa shape index (κ2) is 9.54. The Bertz CT molecular complexity index is 871. The van der Waals surface area contributed by atoms with Gasteiger partial charge in [0.2, 0.25) is 0 Å². The van der Waals surface area contributed by atoms with E-state index in [1.165, 1.54) is 24.3 Å². The van der Waals surface area contributed by atoms with Gasteiger partial charge in [0.05, 0.1) is 11.5 Å². The molecule has 0 aliphatic heterocycles. The quantitative estimate of drug-likeness (QED) is 0.296. The fourth-order valence-electron chi connectivity index (χ4n) is 2.15. The number of hydrogen-bond donors (Lipinski definition) is 0. The van der Waals surface area contributed by atoms with E-state index < -0.39 is 22.8 Å². The Hall–Kier alpha value is -3.62. The van der Waals surface area contributed by atoms with Crippen molar-refractivity contribution < 1.29 is 33.5 Å². The summed E-state index contributed by atoms with van der Waals surface area (Å²) in [5.74, 6) is 0.443. The van der Waals surface area contributed by atoms with Gasteiger partial charge in [0.15, 0.2) is 0 Å². The lowest BCUT2D eigenvalue weighted by Gasteiger charge is -2.18. The molecule has 0 spiro atoms. The van der Waals surface area contributed by atoms with Crippen molar-refractivity contribution in [2.45, 2.75) is 32.8 Å². The van der Waals surface area contributed by atoms with E-state index in [-0.39, 0.29) is 18.0 Å². The maximum Gasteiger partial charge on any atom is 0.514 e. The molecule has 0 aliphatic carbocycles. The summed E-state index contributed by atoms with van der Waals surface area (Å²) in [4.78, 5) is 33.4. The van der Waals surface area contributed by atoms with Crippen LogP contribution < -0.4 is 9.47 Å². The summed E-state index contributed by atoms with van der Waals surface area (Å²) in [6, 6.07) is 11.8. The number of non-ortho nitro benzene ring substituents is 1. The van der Waals surface area contributed by atoms with E-state index in [4.69, 9.17) is 18.9 Å². The zero-order valence-electron chi connectivity index (χ0n) is 16.2. The number of nitro groups is 1. The number of carbonyl (C=O) groups is 2. The SMILES string of the molecule is CC(C)(C)OC(=O)Oc1cccc(CCOC(=O)Oc2ccc([N+](=O)[O-])cc2)c1. The fourth-order valence-corrected chi connectivity index (χ4v) is 2.15. The van der Waals surface area contributed by atoms with E-state index in [2.05, 4.69) is 0 Å². The number of rotatable bonds is 6. The van der Waals surface area contributed by atoms with E-state index >= 15 is 0 Å². The largest absolute Gasteiger partial charge is 0.514 e. The molecular weight excluding hydrogens is 382 g/mol. The highest BCUT2D eigenvalue weighted by Gasteiger charge is 2.18. The minimum atomic E-state index is -0.931.